The molecule has 9 heteroatoms. The molecular weight excluding hydrogens is 482 g/mol. The summed E-state index contributed by atoms with van der Waals surface area (Å²) < 4.78 is 0. The minimum atomic E-state index is -1.08. The van der Waals surface area contributed by atoms with Gasteiger partial charge in [0.25, 0.3) is 5.91 Å². The molecule has 1 aliphatic rings. The third kappa shape index (κ3) is 9.51. The number of nitrogens with one attached hydrogen (secondary N) is 3. The molecule has 1 heterocycles. The lowest BCUT2D eigenvalue weighted by atomic mass is 10.0. The minimum Gasteiger partial charge on any atom is -0.481 e. The number of fused-ring (bicyclic) bond motifs is 1. The maximum Gasteiger partial charge on any atom is 0.303 e. The Morgan fingerprint density at radius 2 is 1.56 bits per heavy atom. The van der Waals surface area contributed by atoms with Crippen molar-refractivity contribution in [1.82, 2.24) is 10.6 Å². The van der Waals surface area contributed by atoms with E-state index in [4.69, 9.17) is 21.8 Å². The topological polar surface area (TPSA) is 128 Å². The number of aliphatic carboxylic acids is 2. The average molecular weight is 518 g/mol. The van der Waals surface area contributed by atoms with Crippen LogP contribution in [0.2, 0.25) is 5.02 Å². The van der Waals surface area contributed by atoms with E-state index in [0.717, 1.165) is 55.0 Å². The first-order valence-corrected chi connectivity index (χ1v) is 12.7. The summed E-state index contributed by atoms with van der Waals surface area (Å²) in [6.07, 6.45) is 3.31. The molecule has 36 heavy (non-hydrogen) atoms. The number of hydrogen-bond acceptors (Lipinski definition) is 5. The SMILES string of the molecule is CCC(CC)NC(=O)c1ccc(CNc2c(Cl)ccc3c2CCNCC3)cc1.O=C(O)CCC(=O)O. The second kappa shape index (κ2) is 15.1. The van der Waals surface area contributed by atoms with Crippen LogP contribution >= 0.6 is 11.6 Å². The Morgan fingerprint density at radius 1 is 0.944 bits per heavy atom. The third-order valence-electron chi connectivity index (χ3n) is 6.04. The number of carboxylic acids is 2. The maximum atomic E-state index is 12.4. The summed E-state index contributed by atoms with van der Waals surface area (Å²) in [6.45, 7) is 6.85. The Kier molecular flexibility index (Phi) is 12.2. The van der Waals surface area contributed by atoms with Crippen LogP contribution in [-0.2, 0) is 29.0 Å². The summed E-state index contributed by atoms with van der Waals surface area (Å²) in [5, 5.41) is 26.6. The van der Waals surface area contributed by atoms with E-state index in [-0.39, 0.29) is 24.8 Å². The Labute approximate surface area is 217 Å². The molecule has 0 aliphatic carbocycles. The number of amides is 1. The van der Waals surface area contributed by atoms with E-state index < -0.39 is 11.9 Å². The molecule has 0 saturated heterocycles. The van der Waals surface area contributed by atoms with Gasteiger partial charge in [0, 0.05) is 18.2 Å². The van der Waals surface area contributed by atoms with Crippen LogP contribution in [0.3, 0.4) is 0 Å². The smallest absolute Gasteiger partial charge is 0.303 e. The lowest BCUT2D eigenvalue weighted by Crippen LogP contribution is -2.33. The average Bonchev–Trinajstić information content (AvgIpc) is 3.12. The van der Waals surface area contributed by atoms with Gasteiger partial charge in [0.05, 0.1) is 23.6 Å². The summed E-state index contributed by atoms with van der Waals surface area (Å²) in [6, 6.07) is 12.2. The number of benzene rings is 2. The molecule has 8 nitrogen and oxygen atoms in total. The molecular formula is C27H36ClN3O5. The predicted octanol–water partition coefficient (Wildman–Crippen LogP) is 4.49. The van der Waals surface area contributed by atoms with Crippen molar-refractivity contribution in [3.8, 4) is 0 Å². The first-order chi connectivity index (χ1) is 17.2. The van der Waals surface area contributed by atoms with Gasteiger partial charge in [-0.3, -0.25) is 14.4 Å². The number of rotatable bonds is 10. The van der Waals surface area contributed by atoms with E-state index in [9.17, 15) is 14.4 Å². The zero-order chi connectivity index (χ0) is 26.5. The van der Waals surface area contributed by atoms with Crippen LogP contribution in [0.4, 0.5) is 5.69 Å². The Bertz CT molecular complexity index is 1010. The van der Waals surface area contributed by atoms with Gasteiger partial charge in [0.1, 0.15) is 0 Å². The largest absolute Gasteiger partial charge is 0.481 e. The maximum absolute atomic E-state index is 12.4. The molecule has 0 spiro atoms. The van der Waals surface area contributed by atoms with Crippen molar-refractivity contribution in [2.45, 2.75) is 65.0 Å². The second-order valence-electron chi connectivity index (χ2n) is 8.63. The van der Waals surface area contributed by atoms with Crippen molar-refractivity contribution in [2.24, 2.45) is 0 Å². The van der Waals surface area contributed by atoms with Crippen LogP contribution in [0.25, 0.3) is 0 Å². The Hall–Kier alpha value is -3.10. The standard InChI is InChI=1S/C23H30ClN3O.C4H6O4/c1-3-19(4-2)27-23(28)18-7-5-16(6-8-18)15-26-22-20-12-14-25-13-11-17(20)9-10-21(22)24;5-3(6)1-2-4(7)8/h5-10,19,25-26H,3-4,11-15H2,1-2H3,(H,27,28);1-2H2,(H,5,6)(H,7,8). The minimum absolute atomic E-state index is 0.00265. The highest BCUT2D eigenvalue weighted by Gasteiger charge is 2.15. The molecule has 0 fully saturated rings. The lowest BCUT2D eigenvalue weighted by molar-refractivity contribution is -0.143. The number of hydrogen-bond donors (Lipinski definition) is 5. The van der Waals surface area contributed by atoms with Crippen LogP contribution in [-0.4, -0.2) is 47.2 Å². The van der Waals surface area contributed by atoms with Crippen LogP contribution in [0.15, 0.2) is 36.4 Å². The Balaban J connectivity index is 0.000000493. The van der Waals surface area contributed by atoms with Crippen LogP contribution in [0, 0.1) is 0 Å². The fourth-order valence-corrected chi connectivity index (χ4v) is 4.12. The summed E-state index contributed by atoms with van der Waals surface area (Å²) in [7, 11) is 0. The van der Waals surface area contributed by atoms with Gasteiger partial charge in [-0.1, -0.05) is 43.6 Å². The molecule has 0 atom stereocenters. The molecule has 0 saturated carbocycles. The van der Waals surface area contributed by atoms with Crippen molar-refractivity contribution in [1.29, 1.82) is 0 Å². The van der Waals surface area contributed by atoms with Gasteiger partial charge in [0.15, 0.2) is 0 Å². The van der Waals surface area contributed by atoms with Crippen molar-refractivity contribution in [3.05, 3.63) is 63.7 Å². The van der Waals surface area contributed by atoms with E-state index >= 15 is 0 Å². The summed E-state index contributed by atoms with van der Waals surface area (Å²) in [5.74, 6) is -2.16. The molecule has 3 rings (SSSR count). The summed E-state index contributed by atoms with van der Waals surface area (Å²) >= 11 is 6.49. The highest BCUT2D eigenvalue weighted by Crippen LogP contribution is 2.31. The second-order valence-corrected chi connectivity index (χ2v) is 9.04. The molecule has 0 bridgehead atoms. The molecule has 2 aromatic rings. The zero-order valence-electron chi connectivity index (χ0n) is 20.9. The monoisotopic (exact) mass is 517 g/mol. The highest BCUT2D eigenvalue weighted by atomic mass is 35.5. The summed E-state index contributed by atoms with van der Waals surface area (Å²) in [4.78, 5) is 31.6. The number of halogens is 1. The van der Waals surface area contributed by atoms with Crippen molar-refractivity contribution >= 4 is 35.1 Å². The van der Waals surface area contributed by atoms with Gasteiger partial charge in [0.2, 0.25) is 0 Å². The fraction of sp³-hybridized carbons (Fsp3) is 0.444. The number of carbonyl (C=O) groups excluding carboxylic acids is 1. The number of carboxylic acid groups (broad SMARTS) is 2. The molecule has 0 radical (unpaired) electrons. The van der Waals surface area contributed by atoms with Crippen molar-refractivity contribution in [3.63, 3.8) is 0 Å². The van der Waals surface area contributed by atoms with E-state index in [2.05, 4.69) is 35.9 Å². The number of carbonyl (C=O) groups is 3. The normalized spacial score (nSPS) is 12.6. The van der Waals surface area contributed by atoms with Crippen LogP contribution in [0.5, 0.6) is 0 Å². The highest BCUT2D eigenvalue weighted by molar-refractivity contribution is 6.33. The van der Waals surface area contributed by atoms with Gasteiger partial charge >= 0.3 is 11.9 Å². The van der Waals surface area contributed by atoms with Gasteiger partial charge in [-0.15, -0.1) is 0 Å². The van der Waals surface area contributed by atoms with Crippen molar-refractivity contribution in [2.75, 3.05) is 18.4 Å². The van der Waals surface area contributed by atoms with Gasteiger partial charge in [-0.25, -0.2) is 0 Å². The predicted molar refractivity (Wildman–Crippen MR) is 142 cm³/mol. The first-order valence-electron chi connectivity index (χ1n) is 12.3. The van der Waals surface area contributed by atoms with Crippen LogP contribution in [0.1, 0.15) is 66.6 Å². The zero-order valence-corrected chi connectivity index (χ0v) is 21.7. The molecule has 0 aromatic heterocycles. The molecule has 1 aliphatic heterocycles. The van der Waals surface area contributed by atoms with E-state index in [1.165, 1.54) is 11.1 Å². The van der Waals surface area contributed by atoms with Crippen LogP contribution < -0.4 is 16.0 Å². The first kappa shape index (κ1) is 29.1. The Morgan fingerprint density at radius 3 is 2.14 bits per heavy atom. The van der Waals surface area contributed by atoms with E-state index in [1.807, 2.05) is 30.3 Å². The molecule has 0 unspecified atom stereocenters. The molecule has 5 N–H and O–H groups in total. The van der Waals surface area contributed by atoms with Gasteiger partial charge < -0.3 is 26.2 Å². The summed E-state index contributed by atoms with van der Waals surface area (Å²) in [5.41, 5.74) is 5.55. The van der Waals surface area contributed by atoms with Gasteiger partial charge in [-0.05, 0) is 73.7 Å². The quantitative estimate of drug-likeness (QED) is 0.314. The molecule has 1 amide bonds. The van der Waals surface area contributed by atoms with E-state index in [0.29, 0.717) is 12.1 Å². The third-order valence-corrected chi connectivity index (χ3v) is 6.36. The van der Waals surface area contributed by atoms with Gasteiger partial charge in [-0.2, -0.15) is 0 Å². The van der Waals surface area contributed by atoms with Crippen molar-refractivity contribution < 1.29 is 24.6 Å². The van der Waals surface area contributed by atoms with E-state index in [1.54, 1.807) is 0 Å². The fourth-order valence-electron chi connectivity index (χ4n) is 3.87. The molecule has 2 aromatic carbocycles. The number of anilines is 1. The lowest BCUT2D eigenvalue weighted by Gasteiger charge is -2.17. The molecule has 196 valence electrons.